The van der Waals surface area contributed by atoms with Crippen LogP contribution < -0.4 is 10.7 Å². The third kappa shape index (κ3) is 2.37. The number of benzene rings is 1. The molecular weight excluding hydrogens is 258 g/mol. The van der Waals surface area contributed by atoms with E-state index in [1.54, 1.807) is 4.90 Å². The fourth-order valence-corrected chi connectivity index (χ4v) is 2.00. The van der Waals surface area contributed by atoms with Gasteiger partial charge in [-0.25, -0.2) is 5.01 Å². The Hall–Kier alpha value is -0.910. The van der Waals surface area contributed by atoms with Crippen LogP contribution in [0.15, 0.2) is 28.7 Å². The van der Waals surface area contributed by atoms with Crippen molar-refractivity contribution in [2.45, 2.75) is 0 Å². The van der Waals surface area contributed by atoms with Gasteiger partial charge in [-0.1, -0.05) is 22.0 Å². The summed E-state index contributed by atoms with van der Waals surface area (Å²) in [5, 5.41) is 1.54. The zero-order valence-corrected chi connectivity index (χ0v) is 9.77. The minimum atomic E-state index is 0.0434. The number of piperazine rings is 1. The molecule has 1 saturated heterocycles. The van der Waals surface area contributed by atoms with E-state index in [0.717, 1.165) is 10.2 Å². The van der Waals surface area contributed by atoms with Crippen LogP contribution in [0.4, 0.5) is 5.69 Å². The predicted molar refractivity (Wildman–Crippen MR) is 62.3 cm³/mol. The number of nitrogens with zero attached hydrogens (tertiary/aromatic N) is 2. The van der Waals surface area contributed by atoms with E-state index in [1.165, 1.54) is 5.01 Å². The number of carbonyl (C=O) groups excluding carboxylic acids is 1. The van der Waals surface area contributed by atoms with Crippen molar-refractivity contribution in [3.05, 3.63) is 28.7 Å². The van der Waals surface area contributed by atoms with Gasteiger partial charge in [0.15, 0.2) is 0 Å². The van der Waals surface area contributed by atoms with Gasteiger partial charge in [0.1, 0.15) is 0 Å². The number of hydrogen-bond donors (Lipinski definition) is 1. The molecule has 1 aliphatic heterocycles. The van der Waals surface area contributed by atoms with E-state index in [1.807, 2.05) is 24.3 Å². The topological polar surface area (TPSA) is 49.6 Å². The van der Waals surface area contributed by atoms with Crippen LogP contribution in [0.1, 0.15) is 0 Å². The van der Waals surface area contributed by atoms with E-state index in [2.05, 4.69) is 15.9 Å². The second-order valence-corrected chi connectivity index (χ2v) is 4.41. The number of amides is 1. The third-order valence-electron chi connectivity index (χ3n) is 2.37. The van der Waals surface area contributed by atoms with E-state index in [-0.39, 0.29) is 12.5 Å². The second kappa shape index (κ2) is 4.30. The van der Waals surface area contributed by atoms with Crippen molar-refractivity contribution in [3.63, 3.8) is 0 Å². The second-order valence-electron chi connectivity index (χ2n) is 3.50. The highest BCUT2D eigenvalue weighted by atomic mass is 79.9. The van der Waals surface area contributed by atoms with Crippen LogP contribution in [-0.2, 0) is 4.79 Å². The van der Waals surface area contributed by atoms with Gasteiger partial charge in [-0.15, -0.1) is 0 Å². The SMILES string of the molecule is NN1CCN(c2cccc(Br)c2)C(=O)C1. The summed E-state index contributed by atoms with van der Waals surface area (Å²) in [7, 11) is 0. The largest absolute Gasteiger partial charge is 0.310 e. The highest BCUT2D eigenvalue weighted by Crippen LogP contribution is 2.21. The molecule has 1 fully saturated rings. The third-order valence-corrected chi connectivity index (χ3v) is 2.86. The van der Waals surface area contributed by atoms with Gasteiger partial charge in [0.25, 0.3) is 0 Å². The summed E-state index contributed by atoms with van der Waals surface area (Å²) >= 11 is 3.39. The van der Waals surface area contributed by atoms with Crippen LogP contribution in [0.3, 0.4) is 0 Å². The van der Waals surface area contributed by atoms with Crippen LogP contribution in [0.25, 0.3) is 0 Å². The first-order chi connectivity index (χ1) is 7.16. The zero-order valence-electron chi connectivity index (χ0n) is 8.19. The number of carbonyl (C=O) groups is 1. The van der Waals surface area contributed by atoms with E-state index < -0.39 is 0 Å². The number of hydrazine groups is 1. The molecule has 0 unspecified atom stereocenters. The maximum absolute atomic E-state index is 11.7. The van der Waals surface area contributed by atoms with Crippen molar-refractivity contribution in [1.29, 1.82) is 0 Å². The molecule has 4 nitrogen and oxygen atoms in total. The van der Waals surface area contributed by atoms with Crippen molar-refractivity contribution in [2.75, 3.05) is 24.5 Å². The summed E-state index contributed by atoms with van der Waals surface area (Å²) < 4.78 is 0.975. The van der Waals surface area contributed by atoms with Crippen molar-refractivity contribution >= 4 is 27.5 Å². The van der Waals surface area contributed by atoms with Gasteiger partial charge in [-0.05, 0) is 18.2 Å². The Balaban J connectivity index is 2.20. The summed E-state index contributed by atoms with van der Waals surface area (Å²) in [5.74, 6) is 5.62. The molecule has 2 rings (SSSR count). The zero-order chi connectivity index (χ0) is 10.8. The Labute approximate surface area is 96.7 Å². The molecule has 0 radical (unpaired) electrons. The molecule has 1 aromatic rings. The summed E-state index contributed by atoms with van der Waals surface area (Å²) in [5.41, 5.74) is 0.919. The molecule has 1 heterocycles. The first-order valence-electron chi connectivity index (χ1n) is 4.72. The number of anilines is 1. The van der Waals surface area contributed by atoms with Crippen LogP contribution in [0.5, 0.6) is 0 Å². The number of rotatable bonds is 1. The van der Waals surface area contributed by atoms with E-state index >= 15 is 0 Å². The van der Waals surface area contributed by atoms with Gasteiger partial charge < -0.3 is 4.90 Å². The smallest absolute Gasteiger partial charge is 0.242 e. The number of hydrogen-bond acceptors (Lipinski definition) is 3. The summed E-state index contributed by atoms with van der Waals surface area (Å²) in [4.78, 5) is 13.5. The van der Waals surface area contributed by atoms with Gasteiger partial charge >= 0.3 is 0 Å². The lowest BCUT2D eigenvalue weighted by atomic mass is 10.2. The highest BCUT2D eigenvalue weighted by molar-refractivity contribution is 9.10. The molecule has 1 aromatic carbocycles. The minimum Gasteiger partial charge on any atom is -0.310 e. The Morgan fingerprint density at radius 1 is 1.33 bits per heavy atom. The first kappa shape index (κ1) is 10.6. The molecule has 0 spiro atoms. The van der Waals surface area contributed by atoms with E-state index in [4.69, 9.17) is 5.84 Å². The van der Waals surface area contributed by atoms with Gasteiger partial charge in [0.2, 0.25) is 5.91 Å². The summed E-state index contributed by atoms with van der Waals surface area (Å²) in [6.07, 6.45) is 0. The summed E-state index contributed by atoms with van der Waals surface area (Å²) in [6.45, 7) is 1.64. The number of nitrogens with two attached hydrogens (primary N) is 1. The van der Waals surface area contributed by atoms with Gasteiger partial charge in [-0.2, -0.15) is 0 Å². The lowest BCUT2D eigenvalue weighted by Crippen LogP contribution is -2.53. The molecule has 2 N–H and O–H groups in total. The van der Waals surface area contributed by atoms with Crippen molar-refractivity contribution in [1.82, 2.24) is 5.01 Å². The Morgan fingerprint density at radius 2 is 2.13 bits per heavy atom. The molecule has 0 aromatic heterocycles. The molecule has 0 bridgehead atoms. The summed E-state index contributed by atoms with van der Waals surface area (Å²) in [6, 6.07) is 7.72. The molecule has 1 aliphatic rings. The molecule has 0 aliphatic carbocycles. The quantitative estimate of drug-likeness (QED) is 0.774. The maximum atomic E-state index is 11.7. The van der Waals surface area contributed by atoms with Gasteiger partial charge in [0.05, 0.1) is 6.54 Å². The highest BCUT2D eigenvalue weighted by Gasteiger charge is 2.22. The maximum Gasteiger partial charge on any atom is 0.242 e. The normalized spacial score (nSPS) is 18.3. The molecule has 0 atom stereocenters. The molecule has 0 saturated carbocycles. The molecule has 15 heavy (non-hydrogen) atoms. The Bertz CT molecular complexity index is 383. The Kier molecular flexibility index (Phi) is 3.04. The molecule has 1 amide bonds. The lowest BCUT2D eigenvalue weighted by molar-refractivity contribution is -0.121. The molecule has 80 valence electrons. The van der Waals surface area contributed by atoms with Crippen molar-refractivity contribution < 1.29 is 4.79 Å². The fourth-order valence-electron chi connectivity index (χ4n) is 1.61. The van der Waals surface area contributed by atoms with E-state index in [9.17, 15) is 4.79 Å². The van der Waals surface area contributed by atoms with Crippen molar-refractivity contribution in [2.24, 2.45) is 5.84 Å². The number of halogens is 1. The van der Waals surface area contributed by atoms with Crippen molar-refractivity contribution in [3.8, 4) is 0 Å². The molecule has 5 heteroatoms. The minimum absolute atomic E-state index is 0.0434. The van der Waals surface area contributed by atoms with Crippen LogP contribution in [0.2, 0.25) is 0 Å². The average Bonchev–Trinajstić information content (AvgIpc) is 2.17. The van der Waals surface area contributed by atoms with E-state index in [0.29, 0.717) is 13.1 Å². The monoisotopic (exact) mass is 269 g/mol. The molecular formula is C10H12BrN3O. The Morgan fingerprint density at radius 3 is 2.80 bits per heavy atom. The standard InChI is InChI=1S/C10H12BrN3O/c11-8-2-1-3-9(6-8)14-5-4-13(12)7-10(14)15/h1-3,6H,4-5,7,12H2. The first-order valence-corrected chi connectivity index (χ1v) is 5.52. The van der Waals surface area contributed by atoms with Crippen LogP contribution in [-0.4, -0.2) is 30.6 Å². The lowest BCUT2D eigenvalue weighted by Gasteiger charge is -2.31. The van der Waals surface area contributed by atoms with Crippen LogP contribution >= 0.6 is 15.9 Å². The van der Waals surface area contributed by atoms with Gasteiger partial charge in [-0.3, -0.25) is 10.6 Å². The fraction of sp³-hybridized carbons (Fsp3) is 0.300. The van der Waals surface area contributed by atoms with Gasteiger partial charge in [0, 0.05) is 23.2 Å². The van der Waals surface area contributed by atoms with Crippen LogP contribution in [0, 0.1) is 0 Å². The average molecular weight is 270 g/mol. The predicted octanol–water partition coefficient (Wildman–Crippen LogP) is 0.971.